The molecule has 0 spiro atoms. The smallest absolute Gasteiger partial charge is 0.322 e. The van der Waals surface area contributed by atoms with Crippen LogP contribution in [-0.2, 0) is 16.6 Å². The van der Waals surface area contributed by atoms with Gasteiger partial charge in [0.15, 0.2) is 5.82 Å². The molecule has 1 saturated heterocycles. The molecule has 2 heterocycles. The highest BCUT2D eigenvalue weighted by atomic mass is 35.5. The Morgan fingerprint density at radius 2 is 1.89 bits per heavy atom. The van der Waals surface area contributed by atoms with Crippen LogP contribution in [0.5, 0.6) is 11.8 Å². The SMILES string of the molecule is CCn1c(Oc2cccc(N3CCN(C)CC3)c2)nnc1[C@@H](C)NS(=O)(=O)c1cc(Cl)ccc1F. The Balaban J connectivity index is 1.52. The summed E-state index contributed by atoms with van der Waals surface area (Å²) in [6.07, 6.45) is 0. The molecule has 0 bridgehead atoms. The second-order valence-corrected chi connectivity index (χ2v) is 10.5. The summed E-state index contributed by atoms with van der Waals surface area (Å²) in [6.45, 7) is 7.76. The summed E-state index contributed by atoms with van der Waals surface area (Å²) < 4.78 is 49.9. The fraction of sp³-hybridized carbons (Fsp3) is 0.391. The molecule has 1 atom stereocenters. The summed E-state index contributed by atoms with van der Waals surface area (Å²) in [5.41, 5.74) is 1.06. The monoisotopic (exact) mass is 522 g/mol. The molecule has 1 fully saturated rings. The van der Waals surface area contributed by atoms with Crippen LogP contribution in [0.25, 0.3) is 0 Å². The van der Waals surface area contributed by atoms with Crippen LogP contribution < -0.4 is 14.4 Å². The lowest BCUT2D eigenvalue weighted by Gasteiger charge is -2.34. The van der Waals surface area contributed by atoms with E-state index in [1.165, 1.54) is 6.07 Å². The van der Waals surface area contributed by atoms with Crippen molar-refractivity contribution < 1.29 is 17.5 Å². The van der Waals surface area contributed by atoms with E-state index in [0.29, 0.717) is 18.1 Å². The standard InChI is InChI=1S/C23H28ClFN6O3S/c1-4-31-22(16(2)28-35(32,33)21-14-17(24)8-9-20(21)25)26-27-23(31)34-19-7-5-6-18(15-19)30-12-10-29(3)11-13-30/h5-9,14-16,28H,4,10-13H2,1-3H3/t16-/m1/s1. The molecule has 35 heavy (non-hydrogen) atoms. The molecule has 1 aliphatic rings. The van der Waals surface area contributed by atoms with Crippen LogP contribution >= 0.6 is 11.6 Å². The van der Waals surface area contributed by atoms with E-state index >= 15 is 0 Å². The molecule has 0 aliphatic carbocycles. The van der Waals surface area contributed by atoms with E-state index in [1.807, 2.05) is 31.2 Å². The second kappa shape index (κ2) is 10.5. The summed E-state index contributed by atoms with van der Waals surface area (Å²) >= 11 is 5.86. The average Bonchev–Trinajstić information content (AvgIpc) is 3.23. The van der Waals surface area contributed by atoms with Crippen molar-refractivity contribution in [3.05, 3.63) is 59.1 Å². The number of anilines is 1. The van der Waals surface area contributed by atoms with Crippen LogP contribution in [0.2, 0.25) is 5.02 Å². The zero-order chi connectivity index (χ0) is 25.2. The summed E-state index contributed by atoms with van der Waals surface area (Å²) in [7, 11) is -2.09. The molecule has 1 aliphatic heterocycles. The number of sulfonamides is 1. The molecule has 188 valence electrons. The number of likely N-dealkylation sites (N-methyl/N-ethyl adjacent to an activating group) is 1. The van der Waals surface area contributed by atoms with Crippen molar-refractivity contribution in [2.24, 2.45) is 0 Å². The van der Waals surface area contributed by atoms with Gasteiger partial charge in [-0.1, -0.05) is 22.8 Å². The van der Waals surface area contributed by atoms with Gasteiger partial charge in [0.25, 0.3) is 0 Å². The van der Waals surface area contributed by atoms with E-state index < -0.39 is 26.8 Å². The van der Waals surface area contributed by atoms with Crippen LogP contribution in [-0.4, -0.2) is 61.3 Å². The van der Waals surface area contributed by atoms with Gasteiger partial charge in [-0.2, -0.15) is 0 Å². The average molecular weight is 523 g/mol. The van der Waals surface area contributed by atoms with Crippen LogP contribution in [0.3, 0.4) is 0 Å². The van der Waals surface area contributed by atoms with Gasteiger partial charge < -0.3 is 14.5 Å². The number of benzene rings is 2. The Kier molecular flexibility index (Phi) is 7.60. The third-order valence-electron chi connectivity index (χ3n) is 5.86. The topological polar surface area (TPSA) is 92.6 Å². The predicted molar refractivity (Wildman–Crippen MR) is 132 cm³/mol. The normalized spacial score (nSPS) is 15.9. The molecule has 3 aromatic rings. The maximum atomic E-state index is 14.2. The van der Waals surface area contributed by atoms with Crippen molar-refractivity contribution in [3.63, 3.8) is 0 Å². The molecule has 0 amide bonds. The lowest BCUT2D eigenvalue weighted by Crippen LogP contribution is -2.44. The molecular weight excluding hydrogens is 495 g/mol. The molecular formula is C23H28ClFN6O3S. The number of nitrogens with one attached hydrogen (secondary N) is 1. The van der Waals surface area contributed by atoms with Crippen molar-refractivity contribution in [1.82, 2.24) is 24.4 Å². The first-order valence-electron chi connectivity index (χ1n) is 11.3. The minimum Gasteiger partial charge on any atom is -0.424 e. The van der Waals surface area contributed by atoms with Gasteiger partial charge in [-0.25, -0.2) is 17.5 Å². The lowest BCUT2D eigenvalue weighted by atomic mass is 10.2. The van der Waals surface area contributed by atoms with Crippen LogP contribution in [0, 0.1) is 5.82 Å². The van der Waals surface area contributed by atoms with Crippen molar-refractivity contribution in [3.8, 4) is 11.8 Å². The van der Waals surface area contributed by atoms with E-state index in [9.17, 15) is 12.8 Å². The molecule has 9 nitrogen and oxygen atoms in total. The quantitative estimate of drug-likeness (QED) is 0.482. The van der Waals surface area contributed by atoms with Gasteiger partial charge >= 0.3 is 6.01 Å². The molecule has 2 aromatic carbocycles. The highest BCUT2D eigenvalue weighted by Crippen LogP contribution is 2.28. The van der Waals surface area contributed by atoms with Crippen molar-refractivity contribution in [2.45, 2.75) is 31.3 Å². The van der Waals surface area contributed by atoms with Crippen LogP contribution in [0.4, 0.5) is 10.1 Å². The highest BCUT2D eigenvalue weighted by molar-refractivity contribution is 7.89. The zero-order valence-electron chi connectivity index (χ0n) is 19.8. The number of aromatic nitrogens is 3. The third-order valence-corrected chi connectivity index (χ3v) is 7.65. The Labute approximate surface area is 209 Å². The lowest BCUT2D eigenvalue weighted by molar-refractivity contribution is 0.312. The molecule has 4 rings (SSSR count). The fourth-order valence-electron chi connectivity index (χ4n) is 3.94. The summed E-state index contributed by atoms with van der Waals surface area (Å²) in [5.74, 6) is 0.0448. The predicted octanol–water partition coefficient (Wildman–Crippen LogP) is 3.67. The highest BCUT2D eigenvalue weighted by Gasteiger charge is 2.26. The molecule has 0 radical (unpaired) electrons. The van der Waals surface area contributed by atoms with E-state index in [-0.39, 0.29) is 11.0 Å². The molecule has 12 heteroatoms. The summed E-state index contributed by atoms with van der Waals surface area (Å²) in [4.78, 5) is 4.06. The van der Waals surface area contributed by atoms with Gasteiger partial charge in [0, 0.05) is 49.5 Å². The Bertz CT molecular complexity index is 1290. The minimum atomic E-state index is -4.20. The third kappa shape index (κ3) is 5.75. The Morgan fingerprint density at radius 1 is 1.14 bits per heavy atom. The number of rotatable bonds is 8. The van der Waals surface area contributed by atoms with E-state index in [4.69, 9.17) is 16.3 Å². The number of hydrogen-bond acceptors (Lipinski definition) is 7. The van der Waals surface area contributed by atoms with Gasteiger partial charge in [-0.05, 0) is 51.2 Å². The van der Waals surface area contributed by atoms with E-state index in [1.54, 1.807) is 11.5 Å². The first-order chi connectivity index (χ1) is 16.7. The van der Waals surface area contributed by atoms with Crippen molar-refractivity contribution in [1.29, 1.82) is 0 Å². The van der Waals surface area contributed by atoms with Crippen LogP contribution in [0.1, 0.15) is 25.7 Å². The van der Waals surface area contributed by atoms with Gasteiger partial charge in [0.05, 0.1) is 6.04 Å². The molecule has 0 saturated carbocycles. The van der Waals surface area contributed by atoms with Crippen LogP contribution in [0.15, 0.2) is 47.4 Å². The number of piperazine rings is 1. The van der Waals surface area contributed by atoms with Gasteiger partial charge in [0.1, 0.15) is 16.5 Å². The zero-order valence-corrected chi connectivity index (χ0v) is 21.4. The fourth-order valence-corrected chi connectivity index (χ4v) is 5.48. The van der Waals surface area contributed by atoms with Gasteiger partial charge in [-0.3, -0.25) is 4.57 Å². The maximum Gasteiger partial charge on any atom is 0.322 e. The molecule has 1 N–H and O–H groups in total. The van der Waals surface area contributed by atoms with Gasteiger partial charge in [-0.15, -0.1) is 5.10 Å². The maximum absolute atomic E-state index is 14.2. The first-order valence-corrected chi connectivity index (χ1v) is 13.2. The second-order valence-electron chi connectivity index (χ2n) is 8.39. The van der Waals surface area contributed by atoms with Gasteiger partial charge in [0.2, 0.25) is 10.0 Å². The minimum absolute atomic E-state index is 0.116. The molecule has 0 unspecified atom stereocenters. The summed E-state index contributed by atoms with van der Waals surface area (Å²) in [6, 6.07) is 10.5. The summed E-state index contributed by atoms with van der Waals surface area (Å²) in [5, 5.41) is 8.39. The number of halogens is 2. The van der Waals surface area contributed by atoms with Crippen molar-refractivity contribution >= 4 is 27.3 Å². The number of hydrogen-bond donors (Lipinski definition) is 1. The Morgan fingerprint density at radius 3 is 2.60 bits per heavy atom. The first kappa shape index (κ1) is 25.4. The Hall–Kier alpha value is -2.73. The largest absolute Gasteiger partial charge is 0.424 e. The number of ether oxygens (including phenoxy) is 1. The van der Waals surface area contributed by atoms with E-state index in [0.717, 1.165) is 44.0 Å². The van der Waals surface area contributed by atoms with Crippen molar-refractivity contribution in [2.75, 3.05) is 38.1 Å². The number of nitrogens with zero attached hydrogens (tertiary/aromatic N) is 5. The van der Waals surface area contributed by atoms with E-state index in [2.05, 4.69) is 31.8 Å². The molecule has 1 aromatic heterocycles.